The van der Waals surface area contributed by atoms with Crippen molar-refractivity contribution in [3.8, 4) is 0 Å². The zero-order valence-electron chi connectivity index (χ0n) is 10.4. The maximum Gasteiger partial charge on any atom is 0.416 e. The third-order valence-electron chi connectivity index (χ3n) is 3.15. The molecule has 2 nitrogen and oxygen atoms in total. The van der Waals surface area contributed by atoms with Gasteiger partial charge in [0.25, 0.3) is 0 Å². The summed E-state index contributed by atoms with van der Waals surface area (Å²) in [5.74, 6) is 0. The molecule has 0 bridgehead atoms. The number of aliphatic imine (C=N–C) groups is 1. The number of nitrogens with zero attached hydrogens (tertiary/aromatic N) is 1. The number of halogens is 3. The number of alkyl halides is 3. The van der Waals surface area contributed by atoms with E-state index in [2.05, 4.69) is 4.99 Å². The lowest BCUT2D eigenvalue weighted by Gasteiger charge is -2.34. The van der Waals surface area contributed by atoms with E-state index in [0.29, 0.717) is 17.9 Å². The van der Waals surface area contributed by atoms with E-state index < -0.39 is 17.3 Å². The fraction of sp³-hybridized carbons (Fsp3) is 0.462. The molecule has 0 aliphatic carbocycles. The predicted molar refractivity (Wildman–Crippen MR) is 62.9 cm³/mol. The average molecular weight is 257 g/mol. The number of rotatable bonds is 0. The van der Waals surface area contributed by atoms with Crippen LogP contribution in [-0.4, -0.2) is 19.4 Å². The third kappa shape index (κ3) is 2.14. The zero-order valence-corrected chi connectivity index (χ0v) is 10.4. The monoisotopic (exact) mass is 257 g/mol. The van der Waals surface area contributed by atoms with E-state index >= 15 is 0 Å². The average Bonchev–Trinajstić information content (AvgIpc) is 2.28. The Morgan fingerprint density at radius 1 is 1.28 bits per heavy atom. The van der Waals surface area contributed by atoms with Crippen LogP contribution in [0.3, 0.4) is 0 Å². The molecular weight excluding hydrogens is 243 g/mol. The van der Waals surface area contributed by atoms with E-state index in [9.17, 15) is 13.2 Å². The van der Waals surface area contributed by atoms with Crippen LogP contribution < -0.4 is 0 Å². The Morgan fingerprint density at radius 3 is 2.50 bits per heavy atom. The van der Waals surface area contributed by atoms with Crippen LogP contribution in [-0.2, 0) is 16.5 Å². The summed E-state index contributed by atoms with van der Waals surface area (Å²) in [6.45, 7) is 3.85. The molecule has 1 aliphatic heterocycles. The number of hydrogen-bond acceptors (Lipinski definition) is 2. The maximum atomic E-state index is 12.7. The summed E-state index contributed by atoms with van der Waals surface area (Å²) in [5, 5.41) is 0. The molecule has 0 saturated carbocycles. The topological polar surface area (TPSA) is 21.6 Å². The van der Waals surface area contributed by atoms with Crippen molar-refractivity contribution in [2.75, 3.05) is 13.7 Å². The van der Waals surface area contributed by atoms with Crippen molar-refractivity contribution in [3.05, 3.63) is 34.9 Å². The van der Waals surface area contributed by atoms with E-state index in [4.69, 9.17) is 4.74 Å². The largest absolute Gasteiger partial charge is 0.416 e. The van der Waals surface area contributed by atoms with Crippen molar-refractivity contribution in [3.63, 3.8) is 0 Å². The molecule has 0 spiro atoms. The molecule has 0 amide bonds. The van der Waals surface area contributed by atoms with Gasteiger partial charge >= 0.3 is 6.18 Å². The second kappa shape index (κ2) is 4.09. The van der Waals surface area contributed by atoms with E-state index in [1.165, 1.54) is 6.07 Å². The summed E-state index contributed by atoms with van der Waals surface area (Å²) in [7, 11) is 1.61. The molecular formula is C13H14F3NO. The minimum atomic E-state index is -4.34. The first-order valence-electron chi connectivity index (χ1n) is 5.57. The van der Waals surface area contributed by atoms with Crippen LogP contribution in [0.1, 0.15) is 30.5 Å². The van der Waals surface area contributed by atoms with Gasteiger partial charge in [-0.05, 0) is 31.5 Å². The Balaban J connectivity index is 2.62. The molecule has 1 aromatic carbocycles. The van der Waals surface area contributed by atoms with Crippen molar-refractivity contribution >= 4 is 5.71 Å². The number of hydrogen-bond donors (Lipinski definition) is 0. The van der Waals surface area contributed by atoms with Gasteiger partial charge in [0.2, 0.25) is 0 Å². The molecule has 0 radical (unpaired) electrons. The first-order chi connectivity index (χ1) is 8.25. The second-order valence-electron chi connectivity index (χ2n) is 4.73. The Labute approximate surface area is 103 Å². The first kappa shape index (κ1) is 13.1. The van der Waals surface area contributed by atoms with Gasteiger partial charge in [0.05, 0.1) is 23.5 Å². The van der Waals surface area contributed by atoms with Crippen LogP contribution in [0.5, 0.6) is 0 Å². The molecule has 1 aromatic rings. The number of fused-ring (bicyclic) bond motifs is 1. The van der Waals surface area contributed by atoms with Gasteiger partial charge in [-0.15, -0.1) is 0 Å². The van der Waals surface area contributed by atoms with Crippen molar-refractivity contribution in [2.24, 2.45) is 4.99 Å². The molecule has 1 heterocycles. The minimum Gasteiger partial charge on any atom is -0.365 e. The van der Waals surface area contributed by atoms with Crippen molar-refractivity contribution in [2.45, 2.75) is 25.6 Å². The number of ether oxygens (including phenoxy) is 1. The molecule has 1 aliphatic rings. The lowest BCUT2D eigenvalue weighted by Crippen LogP contribution is -2.34. The molecule has 0 aromatic heterocycles. The molecule has 0 fully saturated rings. The Bertz CT molecular complexity index is 503. The highest BCUT2D eigenvalue weighted by Crippen LogP contribution is 2.37. The van der Waals surface area contributed by atoms with E-state index in [0.717, 1.165) is 17.7 Å². The highest BCUT2D eigenvalue weighted by molar-refractivity contribution is 6.03. The summed E-state index contributed by atoms with van der Waals surface area (Å²) in [6, 6.07) is 3.72. The molecule has 98 valence electrons. The standard InChI is InChI=1S/C13H14F3NO/c1-12(2)10-6-8(13(14,15)16)4-5-9(10)11(17-3)7-18-12/h4-6H,7H2,1-3H3. The second-order valence-corrected chi connectivity index (χ2v) is 4.73. The number of benzene rings is 1. The fourth-order valence-corrected chi connectivity index (χ4v) is 2.06. The molecule has 0 saturated heterocycles. The van der Waals surface area contributed by atoms with Crippen LogP contribution in [0.2, 0.25) is 0 Å². The van der Waals surface area contributed by atoms with Gasteiger partial charge in [0.15, 0.2) is 0 Å². The van der Waals surface area contributed by atoms with Crippen LogP contribution in [0.15, 0.2) is 23.2 Å². The highest BCUT2D eigenvalue weighted by atomic mass is 19.4. The fourth-order valence-electron chi connectivity index (χ4n) is 2.06. The van der Waals surface area contributed by atoms with E-state index in [-0.39, 0.29) is 0 Å². The quantitative estimate of drug-likeness (QED) is 0.698. The molecule has 5 heteroatoms. The maximum absolute atomic E-state index is 12.7. The van der Waals surface area contributed by atoms with Gasteiger partial charge in [-0.3, -0.25) is 4.99 Å². The van der Waals surface area contributed by atoms with Crippen LogP contribution in [0.4, 0.5) is 13.2 Å². The molecule has 2 rings (SSSR count). The summed E-state index contributed by atoms with van der Waals surface area (Å²) < 4.78 is 43.7. The SMILES string of the molecule is CN=C1COC(C)(C)c2cc(C(F)(F)F)ccc21. The van der Waals surface area contributed by atoms with Gasteiger partial charge in [0, 0.05) is 12.6 Å². The summed E-state index contributed by atoms with van der Waals surface area (Å²) in [6.07, 6.45) is -4.34. The molecule has 18 heavy (non-hydrogen) atoms. The van der Waals surface area contributed by atoms with Gasteiger partial charge < -0.3 is 4.74 Å². The van der Waals surface area contributed by atoms with Crippen molar-refractivity contribution in [1.29, 1.82) is 0 Å². The molecule has 0 atom stereocenters. The Kier molecular flexibility index (Phi) is 2.97. The minimum absolute atomic E-state index is 0.321. The summed E-state index contributed by atoms with van der Waals surface area (Å²) in [4.78, 5) is 4.06. The van der Waals surface area contributed by atoms with Crippen molar-refractivity contribution in [1.82, 2.24) is 0 Å². The Hall–Kier alpha value is -1.36. The van der Waals surface area contributed by atoms with Crippen molar-refractivity contribution < 1.29 is 17.9 Å². The van der Waals surface area contributed by atoms with Gasteiger partial charge in [0.1, 0.15) is 0 Å². The van der Waals surface area contributed by atoms with Crippen LogP contribution in [0, 0.1) is 0 Å². The van der Waals surface area contributed by atoms with E-state index in [1.807, 2.05) is 0 Å². The van der Waals surface area contributed by atoms with Crippen LogP contribution >= 0.6 is 0 Å². The smallest absolute Gasteiger partial charge is 0.365 e. The summed E-state index contributed by atoms with van der Waals surface area (Å²) >= 11 is 0. The van der Waals surface area contributed by atoms with Gasteiger partial charge in [-0.25, -0.2) is 0 Å². The zero-order chi connectivity index (χ0) is 13.6. The predicted octanol–water partition coefficient (Wildman–Crippen LogP) is 3.39. The lowest BCUT2D eigenvalue weighted by molar-refractivity contribution is -0.137. The lowest BCUT2D eigenvalue weighted by atomic mass is 9.87. The highest BCUT2D eigenvalue weighted by Gasteiger charge is 2.36. The normalized spacial score (nSPS) is 20.9. The summed E-state index contributed by atoms with van der Waals surface area (Å²) in [5.41, 5.74) is 0.560. The van der Waals surface area contributed by atoms with Gasteiger partial charge in [-0.1, -0.05) is 6.07 Å². The van der Waals surface area contributed by atoms with Crippen LogP contribution in [0.25, 0.3) is 0 Å². The van der Waals surface area contributed by atoms with Gasteiger partial charge in [-0.2, -0.15) is 13.2 Å². The Morgan fingerprint density at radius 2 is 1.94 bits per heavy atom. The third-order valence-corrected chi connectivity index (χ3v) is 3.15. The van der Waals surface area contributed by atoms with E-state index in [1.54, 1.807) is 20.9 Å². The first-order valence-corrected chi connectivity index (χ1v) is 5.57. The molecule has 0 unspecified atom stereocenters. The molecule has 0 N–H and O–H groups in total.